The van der Waals surface area contributed by atoms with Crippen molar-refractivity contribution in [3.63, 3.8) is 0 Å². The maximum Gasteiger partial charge on any atom is 0.433 e. The number of nitrogens with two attached hydrogens (primary N) is 1. The maximum absolute atomic E-state index is 13.1. The van der Waals surface area contributed by atoms with Gasteiger partial charge in [0.2, 0.25) is 0 Å². The van der Waals surface area contributed by atoms with E-state index in [1.54, 1.807) is 0 Å². The molecule has 0 aliphatic carbocycles. The van der Waals surface area contributed by atoms with E-state index in [1.165, 1.54) is 12.1 Å². The van der Waals surface area contributed by atoms with E-state index in [9.17, 15) is 17.6 Å². The number of aromatic nitrogens is 1. The number of benzene rings is 1. The molecule has 1 aromatic heterocycles. The zero-order chi connectivity index (χ0) is 14.9. The van der Waals surface area contributed by atoms with E-state index in [2.05, 4.69) is 20.9 Å². The molecule has 0 bridgehead atoms. The number of alkyl halides is 3. The summed E-state index contributed by atoms with van der Waals surface area (Å²) in [5.41, 5.74) is 4.33. The predicted molar refractivity (Wildman–Crippen MR) is 67.8 cm³/mol. The highest BCUT2D eigenvalue weighted by Gasteiger charge is 2.33. The fraction of sp³-hybridized carbons (Fsp3) is 0.0833. The Hall–Kier alpha value is -1.83. The van der Waals surface area contributed by atoms with E-state index in [4.69, 9.17) is 10.5 Å². The van der Waals surface area contributed by atoms with Gasteiger partial charge >= 0.3 is 6.18 Å². The summed E-state index contributed by atoms with van der Waals surface area (Å²) in [6.45, 7) is 0. The highest BCUT2D eigenvalue weighted by Crippen LogP contribution is 2.35. The van der Waals surface area contributed by atoms with Gasteiger partial charge in [-0.15, -0.1) is 0 Å². The lowest BCUT2D eigenvalue weighted by Crippen LogP contribution is -2.08. The van der Waals surface area contributed by atoms with Crippen LogP contribution in [-0.4, -0.2) is 4.98 Å². The van der Waals surface area contributed by atoms with E-state index < -0.39 is 17.7 Å². The molecule has 8 heteroatoms. The second kappa shape index (κ2) is 5.28. The van der Waals surface area contributed by atoms with Gasteiger partial charge in [0.05, 0.1) is 16.4 Å². The van der Waals surface area contributed by atoms with Crippen LogP contribution in [0.25, 0.3) is 0 Å². The van der Waals surface area contributed by atoms with E-state index in [0.29, 0.717) is 6.07 Å². The number of halogens is 5. The molecule has 2 rings (SSSR count). The van der Waals surface area contributed by atoms with Gasteiger partial charge in [-0.1, -0.05) is 0 Å². The standard InChI is InChI=1S/C12H7BrF4N2O/c13-7-3-6(1-2-8(7)14)20-10-4-11(12(15,16)17)19-5-9(10)18/h1-5H,18H2. The molecule has 0 fully saturated rings. The first-order chi connectivity index (χ1) is 9.27. The van der Waals surface area contributed by atoms with E-state index >= 15 is 0 Å². The molecule has 0 amide bonds. The van der Waals surface area contributed by atoms with Gasteiger partial charge in [-0.2, -0.15) is 13.2 Å². The Kier molecular flexibility index (Phi) is 3.85. The molecular weight excluding hydrogens is 344 g/mol. The summed E-state index contributed by atoms with van der Waals surface area (Å²) >= 11 is 2.95. The van der Waals surface area contributed by atoms with Gasteiger partial charge in [0, 0.05) is 6.07 Å². The molecule has 0 aliphatic rings. The van der Waals surface area contributed by atoms with Crippen LogP contribution in [0.3, 0.4) is 0 Å². The van der Waals surface area contributed by atoms with Gasteiger partial charge in [0.1, 0.15) is 17.3 Å². The number of hydrogen-bond donors (Lipinski definition) is 1. The number of anilines is 1. The molecule has 2 N–H and O–H groups in total. The lowest BCUT2D eigenvalue weighted by molar-refractivity contribution is -0.141. The summed E-state index contributed by atoms with van der Waals surface area (Å²) in [7, 11) is 0. The topological polar surface area (TPSA) is 48.1 Å². The van der Waals surface area contributed by atoms with Gasteiger partial charge in [-0.3, -0.25) is 0 Å². The summed E-state index contributed by atoms with van der Waals surface area (Å²) in [5.74, 6) is -0.578. The fourth-order valence-corrected chi connectivity index (χ4v) is 1.72. The third kappa shape index (κ3) is 3.19. The Morgan fingerprint density at radius 3 is 2.50 bits per heavy atom. The summed E-state index contributed by atoms with van der Waals surface area (Å²) in [6, 6.07) is 4.35. The van der Waals surface area contributed by atoms with Crippen LogP contribution < -0.4 is 10.5 Å². The van der Waals surface area contributed by atoms with E-state index in [0.717, 1.165) is 12.3 Å². The number of pyridine rings is 1. The number of ether oxygens (including phenoxy) is 1. The average molecular weight is 351 g/mol. The van der Waals surface area contributed by atoms with Gasteiger partial charge in [-0.25, -0.2) is 9.37 Å². The lowest BCUT2D eigenvalue weighted by atomic mass is 10.3. The highest BCUT2D eigenvalue weighted by molar-refractivity contribution is 9.10. The zero-order valence-electron chi connectivity index (χ0n) is 9.71. The summed E-state index contributed by atoms with van der Waals surface area (Å²) < 4.78 is 56.0. The summed E-state index contributed by atoms with van der Waals surface area (Å²) in [5, 5.41) is 0. The number of rotatable bonds is 2. The minimum absolute atomic E-state index is 0.0570. The molecule has 1 aromatic carbocycles. The molecule has 0 atom stereocenters. The minimum atomic E-state index is -4.60. The van der Waals surface area contributed by atoms with Crippen LogP contribution in [0.15, 0.2) is 34.9 Å². The van der Waals surface area contributed by atoms with Gasteiger partial charge < -0.3 is 10.5 Å². The first kappa shape index (κ1) is 14.6. The fourth-order valence-electron chi connectivity index (χ4n) is 1.36. The molecule has 0 spiro atoms. The predicted octanol–water partition coefficient (Wildman–Crippen LogP) is 4.38. The van der Waals surface area contributed by atoms with Crippen LogP contribution in [0.5, 0.6) is 11.5 Å². The van der Waals surface area contributed by atoms with Crippen LogP contribution in [0.2, 0.25) is 0 Å². The van der Waals surface area contributed by atoms with Crippen molar-refractivity contribution in [1.82, 2.24) is 4.98 Å². The van der Waals surface area contributed by atoms with E-state index in [-0.39, 0.29) is 21.7 Å². The zero-order valence-corrected chi connectivity index (χ0v) is 11.3. The molecule has 20 heavy (non-hydrogen) atoms. The minimum Gasteiger partial charge on any atom is -0.455 e. The van der Waals surface area contributed by atoms with Crippen molar-refractivity contribution in [2.45, 2.75) is 6.18 Å². The number of nitrogens with zero attached hydrogens (tertiary/aromatic N) is 1. The third-order valence-electron chi connectivity index (χ3n) is 2.30. The first-order valence-corrected chi connectivity index (χ1v) is 6.02. The van der Waals surface area contributed by atoms with Crippen LogP contribution >= 0.6 is 15.9 Å². The molecule has 0 saturated carbocycles. The molecule has 1 heterocycles. The van der Waals surface area contributed by atoms with Crippen LogP contribution in [0.1, 0.15) is 5.69 Å². The van der Waals surface area contributed by atoms with Crippen molar-refractivity contribution in [3.8, 4) is 11.5 Å². The third-order valence-corrected chi connectivity index (χ3v) is 2.91. The van der Waals surface area contributed by atoms with Crippen molar-refractivity contribution < 1.29 is 22.3 Å². The first-order valence-electron chi connectivity index (χ1n) is 5.23. The Labute approximate surface area is 119 Å². The van der Waals surface area contributed by atoms with E-state index in [1.807, 2.05) is 0 Å². The maximum atomic E-state index is 13.1. The lowest BCUT2D eigenvalue weighted by Gasteiger charge is -2.11. The van der Waals surface area contributed by atoms with Gasteiger partial charge in [0.25, 0.3) is 0 Å². The Morgan fingerprint density at radius 2 is 1.90 bits per heavy atom. The SMILES string of the molecule is Nc1cnc(C(F)(F)F)cc1Oc1ccc(F)c(Br)c1. The molecule has 0 aliphatic heterocycles. The Balaban J connectivity index is 2.35. The molecule has 3 nitrogen and oxygen atoms in total. The Bertz CT molecular complexity index is 646. The smallest absolute Gasteiger partial charge is 0.433 e. The van der Waals surface area contributed by atoms with Gasteiger partial charge in [-0.05, 0) is 34.1 Å². The normalized spacial score (nSPS) is 11.4. The van der Waals surface area contributed by atoms with Crippen molar-refractivity contribution in [2.75, 3.05) is 5.73 Å². The summed E-state index contributed by atoms with van der Waals surface area (Å²) in [4.78, 5) is 3.18. The van der Waals surface area contributed by atoms with Crippen molar-refractivity contribution in [1.29, 1.82) is 0 Å². The molecule has 2 aromatic rings. The quantitative estimate of drug-likeness (QED) is 0.817. The van der Waals surface area contributed by atoms with Crippen LogP contribution in [0.4, 0.5) is 23.2 Å². The van der Waals surface area contributed by atoms with Gasteiger partial charge in [0.15, 0.2) is 5.75 Å². The second-order valence-electron chi connectivity index (χ2n) is 3.78. The van der Waals surface area contributed by atoms with Crippen LogP contribution in [0, 0.1) is 5.82 Å². The van der Waals surface area contributed by atoms with Crippen LogP contribution in [-0.2, 0) is 6.18 Å². The monoisotopic (exact) mass is 350 g/mol. The average Bonchev–Trinajstić information content (AvgIpc) is 2.35. The highest BCUT2D eigenvalue weighted by atomic mass is 79.9. The largest absolute Gasteiger partial charge is 0.455 e. The Morgan fingerprint density at radius 1 is 1.20 bits per heavy atom. The molecule has 0 saturated heterocycles. The van der Waals surface area contributed by atoms with Crippen molar-refractivity contribution >= 4 is 21.6 Å². The summed E-state index contributed by atoms with van der Waals surface area (Å²) in [6.07, 6.45) is -3.74. The molecule has 106 valence electrons. The second-order valence-corrected chi connectivity index (χ2v) is 4.64. The number of nitrogen functional groups attached to an aromatic ring is 1. The molecular formula is C12H7BrF4N2O. The number of hydrogen-bond acceptors (Lipinski definition) is 3. The molecule has 0 unspecified atom stereocenters. The van der Waals surface area contributed by atoms with Crippen molar-refractivity contribution in [2.24, 2.45) is 0 Å². The molecule has 0 radical (unpaired) electrons. The van der Waals surface area contributed by atoms with Crippen molar-refractivity contribution in [3.05, 3.63) is 46.4 Å².